The molecule has 1 heterocycles. The molecule has 1 N–H and O–H groups in total. The largest absolute Gasteiger partial charge is 0.383 e. The molecule has 24 heavy (non-hydrogen) atoms. The minimum Gasteiger partial charge on any atom is -0.383 e. The fourth-order valence-electron chi connectivity index (χ4n) is 2.77. The molecule has 1 aromatic carbocycles. The molecule has 0 atom stereocenters. The molecule has 1 aromatic rings. The lowest BCUT2D eigenvalue weighted by atomic mass is 10.1. The Morgan fingerprint density at radius 2 is 1.67 bits per heavy atom. The van der Waals surface area contributed by atoms with E-state index in [1.165, 1.54) is 25.7 Å². The lowest BCUT2D eigenvalue weighted by molar-refractivity contribution is 0.0742. The van der Waals surface area contributed by atoms with Crippen molar-refractivity contribution < 1.29 is 17.9 Å². The Balaban J connectivity index is 2.03. The summed E-state index contributed by atoms with van der Waals surface area (Å²) >= 11 is 0. The molecular weight excluding hydrogens is 328 g/mol. The zero-order valence-corrected chi connectivity index (χ0v) is 15.0. The normalized spacial score (nSPS) is 16.5. The predicted octanol–water partition coefficient (Wildman–Crippen LogP) is 2.02. The van der Waals surface area contributed by atoms with Crippen molar-refractivity contribution in [3.05, 3.63) is 29.8 Å². The lowest BCUT2D eigenvalue weighted by Gasteiger charge is -2.25. The molecule has 0 aromatic heterocycles. The summed E-state index contributed by atoms with van der Waals surface area (Å²) in [7, 11) is -2.05. The molecule has 0 spiro atoms. The van der Waals surface area contributed by atoms with Crippen LogP contribution in [0.25, 0.3) is 0 Å². The molecule has 2 rings (SSSR count). The third-order valence-corrected chi connectivity index (χ3v) is 5.63. The van der Waals surface area contributed by atoms with E-state index in [1.54, 1.807) is 12.1 Å². The van der Waals surface area contributed by atoms with Crippen LogP contribution in [0.3, 0.4) is 0 Å². The zero-order valence-electron chi connectivity index (χ0n) is 14.2. The average molecular weight is 354 g/mol. The molecule has 1 fully saturated rings. The van der Waals surface area contributed by atoms with Crippen molar-refractivity contribution >= 4 is 15.9 Å². The Labute approximate surface area is 144 Å². The number of ether oxygens (including phenoxy) is 1. The van der Waals surface area contributed by atoms with E-state index < -0.39 is 10.0 Å². The molecule has 134 valence electrons. The maximum atomic E-state index is 12.6. The molecular formula is C17H26N2O4S. The maximum absolute atomic E-state index is 12.6. The molecule has 0 aliphatic carbocycles. The SMILES string of the molecule is COCCNS(=O)(=O)c1ccc(C(=O)N2CCCCCCC2)cc1. The molecule has 1 aliphatic heterocycles. The summed E-state index contributed by atoms with van der Waals surface area (Å²) in [6.07, 6.45) is 5.62. The Kier molecular flexibility index (Phi) is 7.20. The minimum atomic E-state index is -3.57. The van der Waals surface area contributed by atoms with Gasteiger partial charge in [-0.25, -0.2) is 13.1 Å². The minimum absolute atomic E-state index is 0.0202. The van der Waals surface area contributed by atoms with E-state index in [1.807, 2.05) is 4.90 Å². The van der Waals surface area contributed by atoms with Gasteiger partial charge in [0.15, 0.2) is 0 Å². The number of methoxy groups -OCH3 is 1. The highest BCUT2D eigenvalue weighted by Gasteiger charge is 2.18. The first-order chi connectivity index (χ1) is 11.5. The van der Waals surface area contributed by atoms with Crippen LogP contribution in [-0.2, 0) is 14.8 Å². The van der Waals surface area contributed by atoms with E-state index in [-0.39, 0.29) is 17.3 Å². The van der Waals surface area contributed by atoms with E-state index in [9.17, 15) is 13.2 Å². The topological polar surface area (TPSA) is 75.7 Å². The number of nitrogens with zero attached hydrogens (tertiary/aromatic N) is 1. The van der Waals surface area contributed by atoms with Crippen molar-refractivity contribution in [2.45, 2.75) is 37.0 Å². The van der Waals surface area contributed by atoms with E-state index in [0.717, 1.165) is 38.8 Å². The summed E-state index contributed by atoms with van der Waals surface area (Å²) in [6.45, 7) is 2.08. The molecule has 0 saturated carbocycles. The van der Waals surface area contributed by atoms with E-state index in [4.69, 9.17) is 4.74 Å². The van der Waals surface area contributed by atoms with Crippen LogP contribution in [0.2, 0.25) is 0 Å². The number of nitrogens with one attached hydrogen (secondary N) is 1. The molecule has 1 aliphatic rings. The van der Waals surface area contributed by atoms with Gasteiger partial charge in [-0.05, 0) is 37.1 Å². The highest BCUT2D eigenvalue weighted by atomic mass is 32.2. The first-order valence-electron chi connectivity index (χ1n) is 8.42. The maximum Gasteiger partial charge on any atom is 0.253 e. The molecule has 6 nitrogen and oxygen atoms in total. The summed E-state index contributed by atoms with van der Waals surface area (Å²) < 4.78 is 31.5. The number of hydrogen-bond acceptors (Lipinski definition) is 4. The van der Waals surface area contributed by atoms with Crippen molar-refractivity contribution in [2.75, 3.05) is 33.4 Å². The van der Waals surface area contributed by atoms with Gasteiger partial charge in [0.05, 0.1) is 11.5 Å². The molecule has 1 amide bonds. The van der Waals surface area contributed by atoms with Gasteiger partial charge in [-0.3, -0.25) is 4.79 Å². The third kappa shape index (κ3) is 5.29. The number of hydrogen-bond donors (Lipinski definition) is 1. The second-order valence-electron chi connectivity index (χ2n) is 5.97. The fraction of sp³-hybridized carbons (Fsp3) is 0.588. The molecule has 0 unspecified atom stereocenters. The molecule has 0 radical (unpaired) electrons. The van der Waals surface area contributed by atoms with Crippen LogP contribution in [0.4, 0.5) is 0 Å². The Bertz CT molecular complexity index is 620. The van der Waals surface area contributed by atoms with Gasteiger partial charge in [-0.15, -0.1) is 0 Å². The van der Waals surface area contributed by atoms with E-state index >= 15 is 0 Å². The molecule has 1 saturated heterocycles. The Morgan fingerprint density at radius 3 is 2.25 bits per heavy atom. The summed E-state index contributed by atoms with van der Waals surface area (Å²) in [6, 6.07) is 6.14. The lowest BCUT2D eigenvalue weighted by Crippen LogP contribution is -2.33. The van der Waals surface area contributed by atoms with Crippen LogP contribution in [-0.4, -0.2) is 52.6 Å². The third-order valence-electron chi connectivity index (χ3n) is 4.15. The zero-order chi connectivity index (χ0) is 17.4. The molecule has 0 bridgehead atoms. The van der Waals surface area contributed by atoms with Crippen LogP contribution in [0, 0.1) is 0 Å². The first kappa shape index (κ1) is 18.9. The highest BCUT2D eigenvalue weighted by Crippen LogP contribution is 2.15. The summed E-state index contributed by atoms with van der Waals surface area (Å²) in [4.78, 5) is 14.6. The van der Waals surface area contributed by atoms with Crippen LogP contribution >= 0.6 is 0 Å². The van der Waals surface area contributed by atoms with E-state index in [0.29, 0.717) is 12.2 Å². The number of sulfonamides is 1. The monoisotopic (exact) mass is 354 g/mol. The summed E-state index contributed by atoms with van der Waals surface area (Å²) in [5.41, 5.74) is 0.534. The number of rotatable bonds is 6. The van der Waals surface area contributed by atoms with Gasteiger partial charge in [-0.2, -0.15) is 0 Å². The van der Waals surface area contributed by atoms with Gasteiger partial charge in [0.1, 0.15) is 0 Å². The van der Waals surface area contributed by atoms with Gasteiger partial charge in [0.25, 0.3) is 5.91 Å². The van der Waals surface area contributed by atoms with Crippen molar-refractivity contribution in [3.8, 4) is 0 Å². The number of amides is 1. The second-order valence-corrected chi connectivity index (χ2v) is 7.74. The number of benzene rings is 1. The van der Waals surface area contributed by atoms with Crippen molar-refractivity contribution in [1.82, 2.24) is 9.62 Å². The quantitative estimate of drug-likeness (QED) is 0.793. The van der Waals surface area contributed by atoms with Gasteiger partial charge < -0.3 is 9.64 Å². The average Bonchev–Trinajstić information content (AvgIpc) is 2.54. The van der Waals surface area contributed by atoms with Crippen LogP contribution < -0.4 is 4.72 Å². The first-order valence-corrected chi connectivity index (χ1v) is 9.91. The molecule has 7 heteroatoms. The van der Waals surface area contributed by atoms with Gasteiger partial charge in [0.2, 0.25) is 10.0 Å². The van der Waals surface area contributed by atoms with Crippen molar-refractivity contribution in [1.29, 1.82) is 0 Å². The summed E-state index contributed by atoms with van der Waals surface area (Å²) in [5, 5.41) is 0. The number of carbonyl (C=O) groups excluding carboxylic acids is 1. The van der Waals surface area contributed by atoms with Gasteiger partial charge in [0, 0.05) is 32.3 Å². The Morgan fingerprint density at radius 1 is 1.08 bits per heavy atom. The number of carbonyl (C=O) groups is 1. The highest BCUT2D eigenvalue weighted by molar-refractivity contribution is 7.89. The standard InChI is InChI=1S/C17H26N2O4S/c1-23-14-11-18-24(21,22)16-9-7-15(8-10-16)17(20)19-12-5-3-2-4-6-13-19/h7-10,18H,2-6,11-14H2,1H3. The van der Waals surface area contributed by atoms with Crippen LogP contribution in [0.1, 0.15) is 42.5 Å². The van der Waals surface area contributed by atoms with Crippen LogP contribution in [0.5, 0.6) is 0 Å². The second kappa shape index (κ2) is 9.15. The smallest absolute Gasteiger partial charge is 0.253 e. The fourth-order valence-corrected chi connectivity index (χ4v) is 3.78. The van der Waals surface area contributed by atoms with Gasteiger partial charge in [-0.1, -0.05) is 19.3 Å². The predicted molar refractivity (Wildman–Crippen MR) is 92.5 cm³/mol. The van der Waals surface area contributed by atoms with Crippen molar-refractivity contribution in [3.63, 3.8) is 0 Å². The van der Waals surface area contributed by atoms with Crippen LogP contribution in [0.15, 0.2) is 29.2 Å². The van der Waals surface area contributed by atoms with Crippen molar-refractivity contribution in [2.24, 2.45) is 0 Å². The van der Waals surface area contributed by atoms with E-state index in [2.05, 4.69) is 4.72 Å². The number of likely N-dealkylation sites (tertiary alicyclic amines) is 1. The summed E-state index contributed by atoms with van der Waals surface area (Å²) in [5.74, 6) is -0.0202. The van der Waals surface area contributed by atoms with Gasteiger partial charge >= 0.3 is 0 Å². The Hall–Kier alpha value is -1.44.